The first kappa shape index (κ1) is 23.4. The number of methoxy groups -OCH3 is 2. The fraction of sp³-hybridized carbons (Fsp3) is 0.207. The topological polar surface area (TPSA) is 65.0 Å². The lowest BCUT2D eigenvalue weighted by molar-refractivity contribution is 0.194. The molecule has 0 bridgehead atoms. The standard InChI is InChI=1S/C29H29N3O4/c1-4-36-22-13-11-20(12-14-22)28-26-10-7-17-31(26)25-9-6-5-8-21(25)19-32(28)29(33)30-24-18-23(34-2)15-16-27(24)35-3/h5-18,28H,4,19H2,1-3H3,(H,30,33). The highest BCUT2D eigenvalue weighted by Crippen LogP contribution is 2.38. The minimum absolute atomic E-state index is 0.245. The SMILES string of the molecule is CCOc1ccc(C2c3cccn3-c3ccccc3CN2C(=O)Nc2cc(OC)ccc2OC)cc1. The van der Waals surface area contributed by atoms with Gasteiger partial charge in [-0.3, -0.25) is 0 Å². The van der Waals surface area contributed by atoms with Crippen molar-refractivity contribution in [2.45, 2.75) is 19.5 Å². The second kappa shape index (κ2) is 10.1. The molecule has 0 saturated heterocycles. The lowest BCUT2D eigenvalue weighted by Gasteiger charge is -2.31. The number of nitrogens with zero attached hydrogens (tertiary/aromatic N) is 2. The van der Waals surface area contributed by atoms with Crippen molar-refractivity contribution in [2.24, 2.45) is 0 Å². The predicted octanol–water partition coefficient (Wildman–Crippen LogP) is 6.03. The molecule has 0 radical (unpaired) electrons. The van der Waals surface area contributed by atoms with E-state index >= 15 is 0 Å². The molecule has 0 spiro atoms. The molecule has 4 aromatic rings. The van der Waals surface area contributed by atoms with Gasteiger partial charge in [0.1, 0.15) is 17.2 Å². The first-order chi connectivity index (χ1) is 17.6. The van der Waals surface area contributed by atoms with Gasteiger partial charge in [0, 0.05) is 18.0 Å². The molecule has 36 heavy (non-hydrogen) atoms. The van der Waals surface area contributed by atoms with Gasteiger partial charge < -0.3 is 29.0 Å². The number of carbonyl (C=O) groups excluding carboxylic acids is 1. The van der Waals surface area contributed by atoms with Gasteiger partial charge in [-0.2, -0.15) is 0 Å². The average Bonchev–Trinajstić information content (AvgIpc) is 3.33. The molecule has 7 heteroatoms. The number of urea groups is 1. The van der Waals surface area contributed by atoms with Crippen LogP contribution in [0.3, 0.4) is 0 Å². The summed E-state index contributed by atoms with van der Waals surface area (Å²) in [5.74, 6) is 1.98. The van der Waals surface area contributed by atoms with Crippen molar-refractivity contribution in [1.29, 1.82) is 0 Å². The van der Waals surface area contributed by atoms with Crippen molar-refractivity contribution in [2.75, 3.05) is 26.1 Å². The van der Waals surface area contributed by atoms with Crippen LogP contribution in [0.4, 0.5) is 10.5 Å². The minimum atomic E-state index is -0.334. The highest BCUT2D eigenvalue weighted by Gasteiger charge is 2.33. The molecule has 3 aromatic carbocycles. The number of ether oxygens (including phenoxy) is 3. The number of benzene rings is 3. The summed E-state index contributed by atoms with van der Waals surface area (Å²) < 4.78 is 18.7. The number of anilines is 1. The van der Waals surface area contributed by atoms with E-state index in [0.717, 1.165) is 28.3 Å². The van der Waals surface area contributed by atoms with Crippen molar-refractivity contribution in [1.82, 2.24) is 9.47 Å². The second-order valence-corrected chi connectivity index (χ2v) is 8.46. The van der Waals surface area contributed by atoms with Gasteiger partial charge in [-0.15, -0.1) is 0 Å². The molecule has 1 unspecified atom stereocenters. The highest BCUT2D eigenvalue weighted by molar-refractivity contribution is 5.92. The van der Waals surface area contributed by atoms with Gasteiger partial charge >= 0.3 is 6.03 Å². The monoisotopic (exact) mass is 483 g/mol. The van der Waals surface area contributed by atoms with Crippen LogP contribution in [0.2, 0.25) is 0 Å². The summed E-state index contributed by atoms with van der Waals surface area (Å²) in [6.07, 6.45) is 2.04. The van der Waals surface area contributed by atoms with Crippen molar-refractivity contribution in [3.8, 4) is 22.9 Å². The van der Waals surface area contributed by atoms with E-state index in [-0.39, 0.29) is 12.1 Å². The Labute approximate surface area is 210 Å². The molecule has 7 nitrogen and oxygen atoms in total. The molecule has 0 aliphatic carbocycles. The third-order valence-electron chi connectivity index (χ3n) is 6.38. The maximum absolute atomic E-state index is 14.0. The Morgan fingerprint density at radius 2 is 1.72 bits per heavy atom. The van der Waals surface area contributed by atoms with Crippen LogP contribution < -0.4 is 19.5 Å². The zero-order chi connectivity index (χ0) is 25.1. The quantitative estimate of drug-likeness (QED) is 0.364. The Bertz CT molecular complexity index is 1360. The Hall–Kier alpha value is -4.39. The molecule has 2 heterocycles. The van der Waals surface area contributed by atoms with Crippen LogP contribution in [0.15, 0.2) is 85.1 Å². The zero-order valence-electron chi connectivity index (χ0n) is 20.6. The molecule has 1 aliphatic rings. The number of amides is 2. The van der Waals surface area contributed by atoms with E-state index in [1.54, 1.807) is 32.4 Å². The van der Waals surface area contributed by atoms with E-state index < -0.39 is 0 Å². The molecule has 0 saturated carbocycles. The fourth-order valence-corrected chi connectivity index (χ4v) is 4.70. The molecular formula is C29H29N3O4. The molecule has 0 fully saturated rings. The summed E-state index contributed by atoms with van der Waals surface area (Å²) in [6.45, 7) is 2.98. The van der Waals surface area contributed by atoms with E-state index in [4.69, 9.17) is 14.2 Å². The van der Waals surface area contributed by atoms with Gasteiger partial charge in [-0.25, -0.2) is 4.79 Å². The van der Waals surface area contributed by atoms with E-state index in [1.165, 1.54) is 0 Å². The van der Waals surface area contributed by atoms with Gasteiger partial charge in [0.2, 0.25) is 0 Å². The van der Waals surface area contributed by atoms with E-state index in [9.17, 15) is 4.79 Å². The number of aromatic nitrogens is 1. The lowest BCUT2D eigenvalue weighted by Crippen LogP contribution is -2.38. The zero-order valence-corrected chi connectivity index (χ0v) is 20.6. The van der Waals surface area contributed by atoms with E-state index in [1.807, 2.05) is 60.5 Å². The van der Waals surface area contributed by atoms with Crippen LogP contribution >= 0.6 is 0 Å². The number of para-hydroxylation sites is 1. The second-order valence-electron chi connectivity index (χ2n) is 8.46. The molecule has 1 N–H and O–H groups in total. The summed E-state index contributed by atoms with van der Waals surface area (Å²) in [5, 5.41) is 3.07. The molecule has 1 aliphatic heterocycles. The Kier molecular flexibility index (Phi) is 6.54. The van der Waals surface area contributed by atoms with Crippen molar-refractivity contribution in [3.05, 3.63) is 102 Å². The summed E-state index contributed by atoms with van der Waals surface area (Å²) in [4.78, 5) is 15.8. The number of hydrogen-bond donors (Lipinski definition) is 1. The smallest absolute Gasteiger partial charge is 0.323 e. The third-order valence-corrected chi connectivity index (χ3v) is 6.38. The van der Waals surface area contributed by atoms with Gasteiger partial charge in [0.05, 0.1) is 44.8 Å². The highest BCUT2D eigenvalue weighted by atomic mass is 16.5. The first-order valence-corrected chi connectivity index (χ1v) is 11.9. The van der Waals surface area contributed by atoms with E-state index in [2.05, 4.69) is 28.1 Å². The number of hydrogen-bond acceptors (Lipinski definition) is 4. The van der Waals surface area contributed by atoms with Crippen LogP contribution in [0, 0.1) is 0 Å². The van der Waals surface area contributed by atoms with Crippen molar-refractivity contribution >= 4 is 11.7 Å². The maximum atomic E-state index is 14.0. The van der Waals surface area contributed by atoms with Crippen LogP contribution in [-0.4, -0.2) is 36.3 Å². The number of nitrogens with one attached hydrogen (secondary N) is 1. The van der Waals surface area contributed by atoms with Gasteiger partial charge in [-0.05, 0) is 60.5 Å². The number of fused-ring (bicyclic) bond motifs is 3. The Morgan fingerprint density at radius 1 is 0.944 bits per heavy atom. The van der Waals surface area contributed by atoms with Crippen molar-refractivity contribution < 1.29 is 19.0 Å². The predicted molar refractivity (Wildman–Crippen MR) is 139 cm³/mol. The molecule has 1 atom stereocenters. The summed E-state index contributed by atoms with van der Waals surface area (Å²) in [6, 6.07) is 24.9. The van der Waals surface area contributed by atoms with Gasteiger partial charge in [0.25, 0.3) is 0 Å². The minimum Gasteiger partial charge on any atom is -0.497 e. The van der Waals surface area contributed by atoms with Gasteiger partial charge in [0.15, 0.2) is 0 Å². The summed E-state index contributed by atoms with van der Waals surface area (Å²) in [5.41, 5.74) is 4.63. The Balaban J connectivity index is 1.60. The lowest BCUT2D eigenvalue weighted by atomic mass is 10.0. The summed E-state index contributed by atoms with van der Waals surface area (Å²) >= 11 is 0. The number of rotatable bonds is 6. The van der Waals surface area contributed by atoms with E-state index in [0.29, 0.717) is 30.3 Å². The molecule has 1 aromatic heterocycles. The van der Waals surface area contributed by atoms with Crippen LogP contribution in [0.25, 0.3) is 5.69 Å². The third kappa shape index (κ3) is 4.35. The summed E-state index contributed by atoms with van der Waals surface area (Å²) in [7, 11) is 3.17. The van der Waals surface area contributed by atoms with Gasteiger partial charge in [-0.1, -0.05) is 30.3 Å². The molecule has 5 rings (SSSR count). The maximum Gasteiger partial charge on any atom is 0.323 e. The average molecular weight is 484 g/mol. The van der Waals surface area contributed by atoms with Crippen LogP contribution in [0.1, 0.15) is 29.8 Å². The molecule has 184 valence electrons. The number of carbonyl (C=O) groups is 1. The first-order valence-electron chi connectivity index (χ1n) is 11.9. The normalized spacial score (nSPS) is 14.3. The van der Waals surface area contributed by atoms with Crippen molar-refractivity contribution in [3.63, 3.8) is 0 Å². The molecule has 2 amide bonds. The van der Waals surface area contributed by atoms with Crippen LogP contribution in [0.5, 0.6) is 17.2 Å². The fourth-order valence-electron chi connectivity index (χ4n) is 4.70. The largest absolute Gasteiger partial charge is 0.497 e. The molecular weight excluding hydrogens is 454 g/mol. The van der Waals surface area contributed by atoms with Crippen LogP contribution in [-0.2, 0) is 6.54 Å². The Morgan fingerprint density at radius 3 is 2.47 bits per heavy atom.